The molecule has 2 aromatic rings. The van der Waals surface area contributed by atoms with Gasteiger partial charge in [0.15, 0.2) is 0 Å². The number of methoxy groups -OCH3 is 1. The first-order valence-electron chi connectivity index (χ1n) is 11.7. The van der Waals surface area contributed by atoms with Crippen molar-refractivity contribution in [2.24, 2.45) is 0 Å². The molecule has 0 radical (unpaired) electrons. The monoisotopic (exact) mass is 438 g/mol. The maximum atomic E-state index is 13.0. The molecule has 2 heterocycles. The van der Waals surface area contributed by atoms with Gasteiger partial charge in [-0.1, -0.05) is 12.1 Å². The van der Waals surface area contributed by atoms with Crippen molar-refractivity contribution in [3.8, 4) is 17.2 Å². The van der Waals surface area contributed by atoms with Gasteiger partial charge in [0.1, 0.15) is 23.4 Å². The number of hydrogen-bond acceptors (Lipinski definition) is 5. The Morgan fingerprint density at radius 3 is 2.50 bits per heavy atom. The number of carbonyl (C=O) groups excluding carboxylic acids is 1. The first-order valence-corrected chi connectivity index (χ1v) is 11.7. The molecular formula is C26H34N2O4. The Labute approximate surface area is 191 Å². The topological polar surface area (TPSA) is 51.2 Å². The SMILES string of the molecule is CCOc1cccc(CN2CCC(Oc3cc(OC)ccc3C(=O)N3CCCC3)CC2)c1. The number of rotatable bonds is 8. The van der Waals surface area contributed by atoms with Crippen molar-refractivity contribution < 1.29 is 19.0 Å². The van der Waals surface area contributed by atoms with E-state index in [1.165, 1.54) is 5.56 Å². The van der Waals surface area contributed by atoms with E-state index in [-0.39, 0.29) is 12.0 Å². The standard InChI is InChI=1S/C26H34N2O4/c1-3-31-23-8-6-7-20(17-23)19-27-15-11-21(12-16-27)32-25-18-22(30-2)9-10-24(25)26(29)28-13-4-5-14-28/h6-10,17-18,21H,3-5,11-16,19H2,1-2H3. The molecular weight excluding hydrogens is 404 g/mol. The number of piperidine rings is 1. The lowest BCUT2D eigenvalue weighted by Crippen LogP contribution is -2.38. The normalized spacial score (nSPS) is 17.4. The molecule has 172 valence electrons. The van der Waals surface area contributed by atoms with Gasteiger partial charge in [0.05, 0.1) is 19.3 Å². The molecule has 2 aromatic carbocycles. The molecule has 0 N–H and O–H groups in total. The van der Waals surface area contributed by atoms with Gasteiger partial charge < -0.3 is 19.1 Å². The third-order valence-corrected chi connectivity index (χ3v) is 6.26. The van der Waals surface area contributed by atoms with Gasteiger partial charge in [-0.3, -0.25) is 9.69 Å². The summed E-state index contributed by atoms with van der Waals surface area (Å²) < 4.78 is 17.4. The van der Waals surface area contributed by atoms with Crippen LogP contribution in [-0.4, -0.2) is 61.7 Å². The quantitative estimate of drug-likeness (QED) is 0.613. The van der Waals surface area contributed by atoms with Crippen LogP contribution in [-0.2, 0) is 6.54 Å². The van der Waals surface area contributed by atoms with Crippen LogP contribution < -0.4 is 14.2 Å². The van der Waals surface area contributed by atoms with Crippen molar-refractivity contribution in [2.75, 3.05) is 39.9 Å². The number of nitrogens with zero attached hydrogens (tertiary/aromatic N) is 2. The van der Waals surface area contributed by atoms with E-state index in [2.05, 4.69) is 23.1 Å². The van der Waals surface area contributed by atoms with Crippen molar-refractivity contribution in [2.45, 2.75) is 45.3 Å². The second-order valence-corrected chi connectivity index (χ2v) is 8.54. The van der Waals surface area contributed by atoms with Gasteiger partial charge in [-0.05, 0) is 62.4 Å². The molecule has 0 aromatic heterocycles. The minimum Gasteiger partial charge on any atom is -0.497 e. The van der Waals surface area contributed by atoms with E-state index in [1.54, 1.807) is 7.11 Å². The highest BCUT2D eigenvalue weighted by atomic mass is 16.5. The average molecular weight is 439 g/mol. The largest absolute Gasteiger partial charge is 0.497 e. The molecule has 0 bridgehead atoms. The van der Waals surface area contributed by atoms with Crippen LogP contribution >= 0.6 is 0 Å². The molecule has 0 atom stereocenters. The molecule has 6 nitrogen and oxygen atoms in total. The second-order valence-electron chi connectivity index (χ2n) is 8.54. The van der Waals surface area contributed by atoms with Gasteiger partial charge >= 0.3 is 0 Å². The van der Waals surface area contributed by atoms with Gasteiger partial charge in [0.25, 0.3) is 5.91 Å². The van der Waals surface area contributed by atoms with Crippen molar-refractivity contribution in [3.05, 3.63) is 53.6 Å². The minimum absolute atomic E-state index is 0.0618. The maximum absolute atomic E-state index is 13.0. The van der Waals surface area contributed by atoms with Gasteiger partial charge in [-0.25, -0.2) is 0 Å². The smallest absolute Gasteiger partial charge is 0.257 e. The van der Waals surface area contributed by atoms with Crippen LogP contribution in [0, 0.1) is 0 Å². The third kappa shape index (κ3) is 5.54. The Bertz CT molecular complexity index is 902. The van der Waals surface area contributed by atoms with E-state index in [0.29, 0.717) is 23.7 Å². The van der Waals surface area contributed by atoms with E-state index in [0.717, 1.165) is 64.2 Å². The number of carbonyl (C=O) groups is 1. The summed E-state index contributed by atoms with van der Waals surface area (Å²) in [5.74, 6) is 2.34. The molecule has 32 heavy (non-hydrogen) atoms. The maximum Gasteiger partial charge on any atom is 0.257 e. The van der Waals surface area contributed by atoms with Gasteiger partial charge in [-0.2, -0.15) is 0 Å². The summed E-state index contributed by atoms with van der Waals surface area (Å²) in [7, 11) is 1.64. The lowest BCUT2D eigenvalue weighted by atomic mass is 10.1. The summed E-state index contributed by atoms with van der Waals surface area (Å²) in [5, 5.41) is 0. The van der Waals surface area contributed by atoms with Gasteiger partial charge in [-0.15, -0.1) is 0 Å². The fourth-order valence-corrected chi connectivity index (χ4v) is 4.52. The highest BCUT2D eigenvalue weighted by Gasteiger charge is 2.26. The molecule has 2 saturated heterocycles. The number of ether oxygens (including phenoxy) is 3. The molecule has 2 aliphatic rings. The van der Waals surface area contributed by atoms with Gasteiger partial charge in [0, 0.05) is 38.8 Å². The summed E-state index contributed by atoms with van der Waals surface area (Å²) in [4.78, 5) is 17.4. The fraction of sp³-hybridized carbons (Fsp3) is 0.500. The van der Waals surface area contributed by atoms with Crippen molar-refractivity contribution in [1.82, 2.24) is 9.80 Å². The van der Waals surface area contributed by atoms with Crippen LogP contribution in [0.1, 0.15) is 48.5 Å². The Morgan fingerprint density at radius 2 is 1.78 bits per heavy atom. The van der Waals surface area contributed by atoms with E-state index in [1.807, 2.05) is 36.1 Å². The molecule has 2 aliphatic heterocycles. The zero-order chi connectivity index (χ0) is 22.3. The lowest BCUT2D eigenvalue weighted by molar-refractivity contribution is 0.0764. The lowest BCUT2D eigenvalue weighted by Gasteiger charge is -2.32. The van der Waals surface area contributed by atoms with Crippen LogP contribution in [0.4, 0.5) is 0 Å². The van der Waals surface area contributed by atoms with Crippen LogP contribution in [0.3, 0.4) is 0 Å². The molecule has 4 rings (SSSR count). The predicted molar refractivity (Wildman–Crippen MR) is 125 cm³/mol. The molecule has 0 spiro atoms. The van der Waals surface area contributed by atoms with Crippen molar-refractivity contribution in [1.29, 1.82) is 0 Å². The van der Waals surface area contributed by atoms with Crippen LogP contribution in [0.25, 0.3) is 0 Å². The Balaban J connectivity index is 1.37. The van der Waals surface area contributed by atoms with E-state index >= 15 is 0 Å². The zero-order valence-corrected chi connectivity index (χ0v) is 19.2. The highest BCUT2D eigenvalue weighted by Crippen LogP contribution is 2.30. The number of benzene rings is 2. The van der Waals surface area contributed by atoms with Crippen LogP contribution in [0.15, 0.2) is 42.5 Å². The van der Waals surface area contributed by atoms with Gasteiger partial charge in [0.2, 0.25) is 0 Å². The number of hydrogen-bond donors (Lipinski definition) is 0. The zero-order valence-electron chi connectivity index (χ0n) is 19.2. The fourth-order valence-electron chi connectivity index (χ4n) is 4.52. The first-order chi connectivity index (χ1) is 15.7. The highest BCUT2D eigenvalue weighted by molar-refractivity contribution is 5.97. The molecule has 0 unspecified atom stereocenters. The summed E-state index contributed by atoms with van der Waals surface area (Å²) in [6.07, 6.45) is 4.10. The molecule has 0 saturated carbocycles. The Kier molecular flexibility index (Phi) is 7.53. The number of amides is 1. The van der Waals surface area contributed by atoms with E-state index in [4.69, 9.17) is 14.2 Å². The first kappa shape index (κ1) is 22.5. The molecule has 0 aliphatic carbocycles. The summed E-state index contributed by atoms with van der Waals surface area (Å²) in [6, 6.07) is 13.9. The van der Waals surface area contributed by atoms with Crippen LogP contribution in [0.5, 0.6) is 17.2 Å². The number of likely N-dealkylation sites (tertiary alicyclic amines) is 2. The van der Waals surface area contributed by atoms with E-state index < -0.39 is 0 Å². The second kappa shape index (κ2) is 10.7. The molecule has 6 heteroatoms. The minimum atomic E-state index is 0.0618. The summed E-state index contributed by atoms with van der Waals surface area (Å²) in [6.45, 7) is 7.17. The molecule has 2 fully saturated rings. The average Bonchev–Trinajstić information content (AvgIpc) is 3.35. The Hall–Kier alpha value is -2.73. The summed E-state index contributed by atoms with van der Waals surface area (Å²) in [5.41, 5.74) is 1.91. The Morgan fingerprint density at radius 1 is 1.00 bits per heavy atom. The van der Waals surface area contributed by atoms with Crippen molar-refractivity contribution in [3.63, 3.8) is 0 Å². The van der Waals surface area contributed by atoms with Crippen molar-refractivity contribution >= 4 is 5.91 Å². The molecule has 1 amide bonds. The third-order valence-electron chi connectivity index (χ3n) is 6.26. The predicted octanol–water partition coefficient (Wildman–Crippen LogP) is 4.37. The van der Waals surface area contributed by atoms with E-state index in [9.17, 15) is 4.79 Å². The summed E-state index contributed by atoms with van der Waals surface area (Å²) >= 11 is 0. The van der Waals surface area contributed by atoms with Crippen LogP contribution in [0.2, 0.25) is 0 Å².